The first-order valence-electron chi connectivity index (χ1n) is 4.46. The molecule has 0 saturated heterocycles. The van der Waals surface area contributed by atoms with Crippen molar-refractivity contribution in [3.8, 4) is 0 Å². The maximum atomic E-state index is 11.2. The van der Waals surface area contributed by atoms with Crippen LogP contribution >= 0.6 is 0 Å². The second kappa shape index (κ2) is 3.60. The lowest BCUT2D eigenvalue weighted by atomic mass is 9.68. The summed E-state index contributed by atoms with van der Waals surface area (Å²) < 4.78 is 0. The van der Waals surface area contributed by atoms with Gasteiger partial charge in [0.25, 0.3) is 0 Å². The highest BCUT2D eigenvalue weighted by molar-refractivity contribution is 5.92. The molecule has 0 aromatic heterocycles. The predicted octanol–water partition coefficient (Wildman–Crippen LogP) is 0.513. The standard InChI is InChI=1S/C10H16O3/c1-10(2)4-8(13)3-7(5-11)9(10)6-12/h3,9,11-12H,4-6H2,1-2H3. The van der Waals surface area contributed by atoms with E-state index in [1.807, 2.05) is 13.8 Å². The number of allylic oxidation sites excluding steroid dienone is 1. The van der Waals surface area contributed by atoms with Gasteiger partial charge in [-0.1, -0.05) is 13.8 Å². The smallest absolute Gasteiger partial charge is 0.156 e. The Morgan fingerprint density at radius 2 is 2.15 bits per heavy atom. The number of hydrogen-bond acceptors (Lipinski definition) is 3. The number of rotatable bonds is 2. The summed E-state index contributed by atoms with van der Waals surface area (Å²) in [5, 5.41) is 18.2. The summed E-state index contributed by atoms with van der Waals surface area (Å²) in [7, 11) is 0. The molecule has 0 heterocycles. The molecule has 74 valence electrons. The van der Waals surface area contributed by atoms with E-state index in [0.717, 1.165) is 0 Å². The maximum Gasteiger partial charge on any atom is 0.156 e. The normalized spacial score (nSPS) is 27.2. The van der Waals surface area contributed by atoms with E-state index in [4.69, 9.17) is 10.2 Å². The van der Waals surface area contributed by atoms with E-state index in [1.54, 1.807) is 0 Å². The summed E-state index contributed by atoms with van der Waals surface area (Å²) in [6.45, 7) is 3.73. The molecule has 0 amide bonds. The molecule has 0 aliphatic heterocycles. The van der Waals surface area contributed by atoms with E-state index in [-0.39, 0.29) is 30.3 Å². The molecule has 0 aromatic rings. The Balaban J connectivity index is 2.98. The fourth-order valence-corrected chi connectivity index (χ4v) is 1.95. The Hall–Kier alpha value is -0.670. The van der Waals surface area contributed by atoms with Crippen LogP contribution in [0.3, 0.4) is 0 Å². The topological polar surface area (TPSA) is 57.5 Å². The summed E-state index contributed by atoms with van der Waals surface area (Å²) in [6, 6.07) is 0. The van der Waals surface area contributed by atoms with Crippen LogP contribution in [0.2, 0.25) is 0 Å². The molecule has 0 spiro atoms. The fourth-order valence-electron chi connectivity index (χ4n) is 1.95. The van der Waals surface area contributed by atoms with Gasteiger partial charge in [-0.3, -0.25) is 4.79 Å². The van der Waals surface area contributed by atoms with Crippen molar-refractivity contribution in [2.75, 3.05) is 13.2 Å². The lowest BCUT2D eigenvalue weighted by Crippen LogP contribution is -2.35. The second-order valence-corrected chi connectivity index (χ2v) is 4.24. The van der Waals surface area contributed by atoms with Crippen molar-refractivity contribution in [1.29, 1.82) is 0 Å². The van der Waals surface area contributed by atoms with Crippen LogP contribution in [0.4, 0.5) is 0 Å². The molecule has 0 radical (unpaired) electrons. The molecular formula is C10H16O3. The van der Waals surface area contributed by atoms with E-state index in [2.05, 4.69) is 0 Å². The van der Waals surface area contributed by atoms with Gasteiger partial charge in [-0.2, -0.15) is 0 Å². The summed E-state index contributed by atoms with van der Waals surface area (Å²) in [5.41, 5.74) is 0.419. The zero-order valence-corrected chi connectivity index (χ0v) is 8.08. The van der Waals surface area contributed by atoms with Crippen molar-refractivity contribution < 1.29 is 15.0 Å². The molecule has 2 N–H and O–H groups in total. The molecule has 0 aromatic carbocycles. The molecule has 3 heteroatoms. The van der Waals surface area contributed by atoms with Crippen LogP contribution in [0.1, 0.15) is 20.3 Å². The zero-order chi connectivity index (χ0) is 10.1. The first-order chi connectivity index (χ1) is 6.01. The number of ketones is 1. The molecule has 0 fully saturated rings. The van der Waals surface area contributed by atoms with Crippen molar-refractivity contribution in [3.63, 3.8) is 0 Å². The summed E-state index contributed by atoms with van der Waals surface area (Å²) in [5.74, 6) is -0.0473. The average Bonchev–Trinajstić information content (AvgIpc) is 2.01. The monoisotopic (exact) mass is 184 g/mol. The highest BCUT2D eigenvalue weighted by atomic mass is 16.3. The van der Waals surface area contributed by atoms with Gasteiger partial charge in [-0.15, -0.1) is 0 Å². The zero-order valence-electron chi connectivity index (χ0n) is 8.08. The minimum atomic E-state index is -0.237. The molecular weight excluding hydrogens is 168 g/mol. The SMILES string of the molecule is CC1(C)CC(=O)C=C(CO)C1CO. The van der Waals surface area contributed by atoms with Crippen molar-refractivity contribution in [2.24, 2.45) is 11.3 Å². The first-order valence-corrected chi connectivity index (χ1v) is 4.46. The number of hydrogen-bond donors (Lipinski definition) is 2. The van der Waals surface area contributed by atoms with E-state index in [1.165, 1.54) is 6.08 Å². The Bertz CT molecular complexity index is 241. The molecule has 13 heavy (non-hydrogen) atoms. The minimum Gasteiger partial charge on any atom is -0.396 e. The van der Waals surface area contributed by atoms with E-state index in [0.29, 0.717) is 12.0 Å². The highest BCUT2D eigenvalue weighted by Gasteiger charge is 2.36. The summed E-state index contributed by atoms with van der Waals surface area (Å²) in [4.78, 5) is 11.2. The Kier molecular flexibility index (Phi) is 2.88. The molecule has 1 rings (SSSR count). The van der Waals surface area contributed by atoms with Gasteiger partial charge in [0.1, 0.15) is 0 Å². The molecule has 0 saturated carbocycles. The molecule has 1 aliphatic carbocycles. The van der Waals surface area contributed by atoms with E-state index in [9.17, 15) is 4.79 Å². The van der Waals surface area contributed by atoms with Gasteiger partial charge >= 0.3 is 0 Å². The number of aliphatic hydroxyl groups excluding tert-OH is 2. The molecule has 1 aliphatic rings. The Morgan fingerprint density at radius 3 is 2.62 bits per heavy atom. The van der Waals surface area contributed by atoms with Gasteiger partial charge in [0, 0.05) is 12.3 Å². The van der Waals surface area contributed by atoms with Gasteiger partial charge in [0.15, 0.2) is 5.78 Å². The predicted molar refractivity (Wildman–Crippen MR) is 49.1 cm³/mol. The minimum absolute atomic E-state index is 0.00727. The molecule has 1 atom stereocenters. The van der Waals surface area contributed by atoms with Crippen LogP contribution in [0, 0.1) is 11.3 Å². The van der Waals surface area contributed by atoms with Gasteiger partial charge in [-0.25, -0.2) is 0 Å². The van der Waals surface area contributed by atoms with E-state index < -0.39 is 0 Å². The second-order valence-electron chi connectivity index (χ2n) is 4.24. The van der Waals surface area contributed by atoms with Crippen LogP contribution in [-0.4, -0.2) is 29.2 Å². The number of carbonyl (C=O) groups excluding carboxylic acids is 1. The van der Waals surface area contributed by atoms with Crippen LogP contribution in [0.15, 0.2) is 11.6 Å². The van der Waals surface area contributed by atoms with Crippen LogP contribution < -0.4 is 0 Å². The highest BCUT2D eigenvalue weighted by Crippen LogP contribution is 2.38. The lowest BCUT2D eigenvalue weighted by Gasteiger charge is -2.36. The van der Waals surface area contributed by atoms with Crippen molar-refractivity contribution in [3.05, 3.63) is 11.6 Å². The molecule has 1 unspecified atom stereocenters. The van der Waals surface area contributed by atoms with Gasteiger partial charge in [-0.05, 0) is 17.1 Å². The summed E-state index contributed by atoms with van der Waals surface area (Å²) in [6.07, 6.45) is 1.91. The van der Waals surface area contributed by atoms with Crippen LogP contribution in [0.25, 0.3) is 0 Å². The molecule has 0 bridgehead atoms. The van der Waals surface area contributed by atoms with Gasteiger partial charge in [0.05, 0.1) is 13.2 Å². The maximum absolute atomic E-state index is 11.2. The largest absolute Gasteiger partial charge is 0.396 e. The lowest BCUT2D eigenvalue weighted by molar-refractivity contribution is -0.118. The van der Waals surface area contributed by atoms with Gasteiger partial charge in [0.2, 0.25) is 0 Å². The van der Waals surface area contributed by atoms with Crippen molar-refractivity contribution >= 4 is 5.78 Å². The number of carbonyl (C=O) groups is 1. The molecule has 3 nitrogen and oxygen atoms in total. The summed E-state index contributed by atoms with van der Waals surface area (Å²) >= 11 is 0. The first kappa shape index (κ1) is 10.4. The third-order valence-electron chi connectivity index (χ3n) is 2.73. The Labute approximate surface area is 78.1 Å². The number of aliphatic hydroxyl groups is 2. The quantitative estimate of drug-likeness (QED) is 0.657. The third-order valence-corrected chi connectivity index (χ3v) is 2.73. The average molecular weight is 184 g/mol. The van der Waals surface area contributed by atoms with Crippen LogP contribution in [0.5, 0.6) is 0 Å². The van der Waals surface area contributed by atoms with Crippen LogP contribution in [-0.2, 0) is 4.79 Å². The third kappa shape index (κ3) is 1.98. The van der Waals surface area contributed by atoms with Crippen molar-refractivity contribution in [2.45, 2.75) is 20.3 Å². The van der Waals surface area contributed by atoms with E-state index >= 15 is 0 Å². The Morgan fingerprint density at radius 1 is 1.54 bits per heavy atom. The van der Waals surface area contributed by atoms with Gasteiger partial charge < -0.3 is 10.2 Å². The fraction of sp³-hybridized carbons (Fsp3) is 0.700. The van der Waals surface area contributed by atoms with Crippen molar-refractivity contribution in [1.82, 2.24) is 0 Å².